The fourth-order valence-corrected chi connectivity index (χ4v) is 6.43. The molecule has 0 heterocycles. The fraction of sp³-hybridized carbons (Fsp3) is 0.235. The molecule has 0 bridgehead atoms. The third-order valence-electron chi connectivity index (χ3n) is 6.84. The third kappa shape index (κ3) is 9.06. The summed E-state index contributed by atoms with van der Waals surface area (Å²) in [5.41, 5.74) is 0.417. The Labute approximate surface area is 273 Å². The molecular formula is C34H34Cl2FN3O4S. The van der Waals surface area contributed by atoms with Crippen LogP contribution in [0.5, 0.6) is 0 Å². The summed E-state index contributed by atoms with van der Waals surface area (Å²) in [6.07, 6.45) is 0.101. The standard InChI is InChI=1S/C34H34Cl2FN3O4S/c1-34(2,3)38-33(42)31(20-24-10-5-4-6-11-24)39(22-25-12-7-8-15-30(25)37)32(41)23-40(28-14-9-13-27(36)21-28)45(43,44)29-18-16-26(35)17-19-29/h4-19,21,31H,20,22-23H2,1-3H3,(H,38,42)/t31-/m0/s1. The number of nitrogens with one attached hydrogen (secondary N) is 1. The highest BCUT2D eigenvalue weighted by Gasteiger charge is 2.36. The maximum absolute atomic E-state index is 15.0. The molecule has 0 fully saturated rings. The number of hydrogen-bond donors (Lipinski definition) is 1. The Balaban J connectivity index is 1.83. The van der Waals surface area contributed by atoms with E-state index in [4.69, 9.17) is 23.2 Å². The smallest absolute Gasteiger partial charge is 0.264 e. The highest BCUT2D eigenvalue weighted by atomic mass is 35.5. The van der Waals surface area contributed by atoms with Crippen LogP contribution in [0.2, 0.25) is 10.0 Å². The third-order valence-corrected chi connectivity index (χ3v) is 9.12. The van der Waals surface area contributed by atoms with Crippen LogP contribution in [0.1, 0.15) is 31.9 Å². The van der Waals surface area contributed by atoms with Crippen LogP contribution in [-0.2, 0) is 32.6 Å². The van der Waals surface area contributed by atoms with Crippen molar-refractivity contribution in [3.8, 4) is 0 Å². The maximum Gasteiger partial charge on any atom is 0.264 e. The maximum atomic E-state index is 15.0. The first-order valence-electron chi connectivity index (χ1n) is 14.2. The lowest BCUT2D eigenvalue weighted by Gasteiger charge is -2.35. The molecule has 4 aromatic carbocycles. The van der Waals surface area contributed by atoms with Crippen molar-refractivity contribution in [3.05, 3.63) is 130 Å². The van der Waals surface area contributed by atoms with E-state index < -0.39 is 45.8 Å². The molecule has 11 heteroatoms. The minimum absolute atomic E-state index is 0.101. The van der Waals surface area contributed by atoms with Gasteiger partial charge >= 0.3 is 0 Å². The Kier molecular flexibility index (Phi) is 10.9. The first-order valence-corrected chi connectivity index (χ1v) is 16.4. The van der Waals surface area contributed by atoms with E-state index in [1.807, 2.05) is 51.1 Å². The monoisotopic (exact) mass is 669 g/mol. The molecule has 0 spiro atoms. The molecule has 2 amide bonds. The summed E-state index contributed by atoms with van der Waals surface area (Å²) in [7, 11) is -4.34. The fourth-order valence-electron chi connectivity index (χ4n) is 4.71. The number of carbonyl (C=O) groups is 2. The van der Waals surface area contributed by atoms with Gasteiger partial charge in [0.1, 0.15) is 18.4 Å². The minimum Gasteiger partial charge on any atom is -0.350 e. The van der Waals surface area contributed by atoms with E-state index in [0.29, 0.717) is 5.02 Å². The zero-order valence-corrected chi connectivity index (χ0v) is 27.4. The predicted octanol–water partition coefficient (Wildman–Crippen LogP) is 6.88. The number of hydrogen-bond acceptors (Lipinski definition) is 4. The summed E-state index contributed by atoms with van der Waals surface area (Å²) in [6.45, 7) is 4.45. The number of halogens is 3. The largest absolute Gasteiger partial charge is 0.350 e. The summed E-state index contributed by atoms with van der Waals surface area (Å²) in [5, 5.41) is 3.53. The summed E-state index contributed by atoms with van der Waals surface area (Å²) >= 11 is 12.3. The van der Waals surface area contributed by atoms with E-state index in [0.717, 1.165) is 9.87 Å². The van der Waals surface area contributed by atoms with Crippen LogP contribution in [0.25, 0.3) is 0 Å². The molecular weight excluding hydrogens is 636 g/mol. The number of amides is 2. The van der Waals surface area contributed by atoms with Gasteiger partial charge in [-0.2, -0.15) is 0 Å². The minimum atomic E-state index is -4.34. The molecule has 236 valence electrons. The van der Waals surface area contributed by atoms with Gasteiger partial charge < -0.3 is 10.2 Å². The summed E-state index contributed by atoms with van der Waals surface area (Å²) in [6, 6.07) is 25.6. The van der Waals surface area contributed by atoms with Crippen molar-refractivity contribution in [1.29, 1.82) is 0 Å². The lowest BCUT2D eigenvalue weighted by atomic mass is 10.0. The van der Waals surface area contributed by atoms with E-state index in [9.17, 15) is 18.0 Å². The molecule has 0 saturated heterocycles. The highest BCUT2D eigenvalue weighted by Crippen LogP contribution is 2.28. The molecule has 0 unspecified atom stereocenters. The van der Waals surface area contributed by atoms with Gasteiger partial charge in [0.2, 0.25) is 11.8 Å². The van der Waals surface area contributed by atoms with Crippen molar-refractivity contribution >= 4 is 50.7 Å². The number of carbonyl (C=O) groups excluding carboxylic acids is 2. The summed E-state index contributed by atoms with van der Waals surface area (Å²) in [5.74, 6) is -1.75. The normalized spacial score (nSPS) is 12.3. The average Bonchev–Trinajstić information content (AvgIpc) is 2.98. The number of nitrogens with zero attached hydrogens (tertiary/aromatic N) is 2. The lowest BCUT2D eigenvalue weighted by molar-refractivity contribution is -0.140. The van der Waals surface area contributed by atoms with Crippen molar-refractivity contribution in [3.63, 3.8) is 0 Å². The van der Waals surface area contributed by atoms with Gasteiger partial charge in [-0.05, 0) is 74.9 Å². The van der Waals surface area contributed by atoms with Crippen molar-refractivity contribution in [1.82, 2.24) is 10.2 Å². The first-order chi connectivity index (χ1) is 21.2. The number of sulfonamides is 1. The van der Waals surface area contributed by atoms with E-state index >= 15 is 4.39 Å². The van der Waals surface area contributed by atoms with Crippen molar-refractivity contribution < 1.29 is 22.4 Å². The van der Waals surface area contributed by atoms with Gasteiger partial charge in [0.15, 0.2) is 0 Å². The Morgan fingerprint density at radius 1 is 0.844 bits per heavy atom. The Morgan fingerprint density at radius 3 is 2.11 bits per heavy atom. The second-order valence-corrected chi connectivity index (χ2v) is 14.2. The van der Waals surface area contributed by atoms with E-state index in [1.54, 1.807) is 18.2 Å². The first kappa shape index (κ1) is 34.0. The zero-order valence-electron chi connectivity index (χ0n) is 25.1. The molecule has 0 aliphatic heterocycles. The Hall–Kier alpha value is -3.92. The molecule has 0 radical (unpaired) electrons. The molecule has 45 heavy (non-hydrogen) atoms. The van der Waals surface area contributed by atoms with Gasteiger partial charge in [0, 0.05) is 34.1 Å². The van der Waals surface area contributed by atoms with Crippen LogP contribution in [0.4, 0.5) is 10.1 Å². The van der Waals surface area contributed by atoms with Gasteiger partial charge in [-0.25, -0.2) is 12.8 Å². The summed E-state index contributed by atoms with van der Waals surface area (Å²) in [4.78, 5) is 29.4. The van der Waals surface area contributed by atoms with Gasteiger partial charge in [0.25, 0.3) is 10.0 Å². The van der Waals surface area contributed by atoms with Crippen LogP contribution in [0.15, 0.2) is 108 Å². The lowest BCUT2D eigenvalue weighted by Crippen LogP contribution is -2.56. The Bertz CT molecular complexity index is 1750. The molecule has 4 rings (SSSR count). The van der Waals surface area contributed by atoms with Gasteiger partial charge in [-0.15, -0.1) is 0 Å². The highest BCUT2D eigenvalue weighted by molar-refractivity contribution is 7.92. The van der Waals surface area contributed by atoms with E-state index in [-0.39, 0.29) is 34.1 Å². The molecule has 0 saturated carbocycles. The van der Waals surface area contributed by atoms with Crippen LogP contribution >= 0.6 is 23.2 Å². The molecule has 0 aromatic heterocycles. The molecule has 1 atom stereocenters. The van der Waals surface area contributed by atoms with Crippen molar-refractivity contribution in [2.24, 2.45) is 0 Å². The van der Waals surface area contributed by atoms with Crippen LogP contribution in [-0.4, -0.2) is 43.3 Å². The molecule has 4 aromatic rings. The van der Waals surface area contributed by atoms with Crippen molar-refractivity contribution in [2.75, 3.05) is 10.8 Å². The number of benzene rings is 4. The van der Waals surface area contributed by atoms with E-state index in [2.05, 4.69) is 5.32 Å². The topological polar surface area (TPSA) is 86.8 Å². The quantitative estimate of drug-likeness (QED) is 0.189. The van der Waals surface area contributed by atoms with Gasteiger partial charge in [-0.3, -0.25) is 13.9 Å². The summed E-state index contributed by atoms with van der Waals surface area (Å²) < 4.78 is 44.0. The molecule has 0 aliphatic carbocycles. The van der Waals surface area contributed by atoms with Crippen molar-refractivity contribution in [2.45, 2.75) is 50.2 Å². The second-order valence-electron chi connectivity index (χ2n) is 11.5. The SMILES string of the molecule is CC(C)(C)NC(=O)[C@H](Cc1ccccc1)N(Cc1ccccc1F)C(=O)CN(c1cccc(Cl)c1)S(=O)(=O)c1ccc(Cl)cc1. The predicted molar refractivity (Wildman–Crippen MR) is 176 cm³/mol. The zero-order chi connectivity index (χ0) is 32.8. The Morgan fingerprint density at radius 2 is 1.49 bits per heavy atom. The second kappa shape index (κ2) is 14.5. The van der Waals surface area contributed by atoms with Crippen LogP contribution in [0.3, 0.4) is 0 Å². The number of rotatable bonds is 11. The number of anilines is 1. The van der Waals surface area contributed by atoms with Gasteiger partial charge in [0.05, 0.1) is 10.6 Å². The van der Waals surface area contributed by atoms with Gasteiger partial charge in [-0.1, -0.05) is 77.8 Å². The molecule has 0 aliphatic rings. The van der Waals surface area contributed by atoms with Crippen LogP contribution in [0, 0.1) is 5.82 Å². The molecule has 1 N–H and O–H groups in total. The van der Waals surface area contributed by atoms with Crippen LogP contribution < -0.4 is 9.62 Å². The average molecular weight is 671 g/mol. The van der Waals surface area contributed by atoms with E-state index in [1.165, 1.54) is 59.5 Å². The molecule has 7 nitrogen and oxygen atoms in total.